The first-order valence-corrected chi connectivity index (χ1v) is 12.2. The van der Waals surface area contributed by atoms with Crippen molar-refractivity contribution in [2.75, 3.05) is 32.9 Å². The molecule has 1 N–H and O–H groups in total. The summed E-state index contributed by atoms with van der Waals surface area (Å²) in [6.07, 6.45) is -0.416. The maximum atomic E-state index is 12.6. The molecule has 2 aliphatic heterocycles. The van der Waals surface area contributed by atoms with Crippen molar-refractivity contribution in [2.45, 2.75) is 20.0 Å². The van der Waals surface area contributed by atoms with Crippen LogP contribution in [0.1, 0.15) is 40.8 Å². The highest BCUT2D eigenvalue weighted by Gasteiger charge is 2.31. The third kappa shape index (κ3) is 4.67. The van der Waals surface area contributed by atoms with Crippen molar-refractivity contribution in [2.24, 2.45) is 5.92 Å². The molecule has 1 fully saturated rings. The molecule has 2 heterocycles. The third-order valence-corrected chi connectivity index (χ3v) is 7.03. The summed E-state index contributed by atoms with van der Waals surface area (Å²) < 4.78 is 25.1. The molecule has 5 rings (SSSR count). The third-order valence-electron chi connectivity index (χ3n) is 7.03. The van der Waals surface area contributed by atoms with Gasteiger partial charge in [-0.3, -0.25) is 9.29 Å². The van der Waals surface area contributed by atoms with E-state index in [1.165, 1.54) is 0 Å². The Bertz CT molecular complexity index is 1350. The zero-order valence-corrected chi connectivity index (χ0v) is 20.5. The van der Waals surface area contributed by atoms with Crippen LogP contribution in [0.4, 0.5) is 4.39 Å². The predicted molar refractivity (Wildman–Crippen MR) is 138 cm³/mol. The van der Waals surface area contributed by atoms with Crippen molar-refractivity contribution in [3.05, 3.63) is 88.5 Å². The Labute approximate surface area is 211 Å². The van der Waals surface area contributed by atoms with E-state index in [0.717, 1.165) is 58.8 Å². The minimum Gasteiger partial charge on any atom is -0.508 e. The van der Waals surface area contributed by atoms with E-state index in [0.29, 0.717) is 17.9 Å². The molecule has 184 valence electrons. The number of hydrogen-bond acceptors (Lipinski definition) is 5. The molecular formula is C30H29FN2O3. The van der Waals surface area contributed by atoms with Gasteiger partial charge in [-0.2, -0.15) is 5.26 Å². The minimum atomic E-state index is -0.416. The van der Waals surface area contributed by atoms with Gasteiger partial charge in [-0.25, -0.2) is 0 Å². The number of fused-ring (bicyclic) bond motifs is 1. The van der Waals surface area contributed by atoms with E-state index < -0.39 is 6.10 Å². The highest BCUT2D eigenvalue weighted by atomic mass is 19.1. The summed E-state index contributed by atoms with van der Waals surface area (Å²) >= 11 is 0. The van der Waals surface area contributed by atoms with Crippen molar-refractivity contribution < 1.29 is 19.0 Å². The van der Waals surface area contributed by atoms with Crippen molar-refractivity contribution in [3.8, 4) is 23.3 Å². The molecule has 0 aliphatic carbocycles. The smallest absolute Gasteiger partial charge is 0.150 e. The first kappa shape index (κ1) is 23.9. The number of nitrogens with zero attached hydrogens (tertiary/aromatic N) is 2. The fourth-order valence-corrected chi connectivity index (χ4v) is 5.07. The predicted octanol–water partition coefficient (Wildman–Crippen LogP) is 5.92. The van der Waals surface area contributed by atoms with Gasteiger partial charge in [0.15, 0.2) is 0 Å². The van der Waals surface area contributed by atoms with E-state index in [1.54, 1.807) is 18.2 Å². The standard InChI is InChI=1S/C30H29FN2O3/c1-19-12-25(35-11-10-33-17-22(15-31)18-33)7-9-26(19)30-29(23-5-3-4-21(13-23)16-32)20(2)27-8-6-24(34)14-28(27)36-30/h3-9,12-14,22,30,34H,10-11,15,17-18H2,1-2H3. The lowest BCUT2D eigenvalue weighted by Gasteiger charge is -2.37. The molecular weight excluding hydrogens is 455 g/mol. The number of rotatable bonds is 7. The maximum Gasteiger partial charge on any atom is 0.150 e. The second-order valence-electron chi connectivity index (χ2n) is 9.56. The number of allylic oxidation sites excluding steroid dienone is 1. The number of hydrogen-bond donors (Lipinski definition) is 1. The first-order chi connectivity index (χ1) is 17.5. The van der Waals surface area contributed by atoms with Crippen LogP contribution in [0.15, 0.2) is 60.7 Å². The summed E-state index contributed by atoms with van der Waals surface area (Å²) in [6, 6.07) is 20.9. The topological polar surface area (TPSA) is 65.7 Å². The number of halogens is 1. The van der Waals surface area contributed by atoms with E-state index in [-0.39, 0.29) is 18.3 Å². The van der Waals surface area contributed by atoms with Gasteiger partial charge in [-0.05, 0) is 66.9 Å². The van der Waals surface area contributed by atoms with E-state index >= 15 is 0 Å². The monoisotopic (exact) mass is 484 g/mol. The lowest BCUT2D eigenvalue weighted by Crippen LogP contribution is -2.49. The zero-order chi connectivity index (χ0) is 25.2. The molecule has 0 aromatic heterocycles. The van der Waals surface area contributed by atoms with Gasteiger partial charge in [0.05, 0.1) is 18.3 Å². The van der Waals surface area contributed by atoms with Gasteiger partial charge in [0.25, 0.3) is 0 Å². The van der Waals surface area contributed by atoms with Crippen molar-refractivity contribution in [1.82, 2.24) is 4.90 Å². The second-order valence-corrected chi connectivity index (χ2v) is 9.56. The van der Waals surface area contributed by atoms with Crippen LogP contribution in [0, 0.1) is 24.2 Å². The van der Waals surface area contributed by atoms with Gasteiger partial charge in [0.2, 0.25) is 0 Å². The molecule has 0 radical (unpaired) electrons. The summed E-state index contributed by atoms with van der Waals surface area (Å²) in [5.41, 5.74) is 6.46. The van der Waals surface area contributed by atoms with Gasteiger partial charge in [-0.1, -0.05) is 18.2 Å². The van der Waals surface area contributed by atoms with Crippen LogP contribution in [0.5, 0.6) is 17.2 Å². The van der Waals surface area contributed by atoms with Crippen LogP contribution in [0.3, 0.4) is 0 Å². The summed E-state index contributed by atoms with van der Waals surface area (Å²) in [6.45, 7) is 6.77. The fraction of sp³-hybridized carbons (Fsp3) is 0.300. The second kappa shape index (κ2) is 10.0. The summed E-state index contributed by atoms with van der Waals surface area (Å²) in [5, 5.41) is 19.5. The molecule has 1 unspecified atom stereocenters. The largest absolute Gasteiger partial charge is 0.508 e. The summed E-state index contributed by atoms with van der Waals surface area (Å²) in [5.74, 6) is 1.73. The molecule has 0 bridgehead atoms. The van der Waals surface area contributed by atoms with Crippen LogP contribution in [0.25, 0.3) is 11.1 Å². The van der Waals surface area contributed by atoms with Crippen LogP contribution in [0.2, 0.25) is 0 Å². The average Bonchev–Trinajstić information content (AvgIpc) is 2.85. The minimum absolute atomic E-state index is 0.149. The van der Waals surface area contributed by atoms with Crippen molar-refractivity contribution in [1.29, 1.82) is 5.26 Å². The molecule has 3 aromatic rings. The number of phenols is 1. The van der Waals surface area contributed by atoms with E-state index in [1.807, 2.05) is 49.4 Å². The molecule has 36 heavy (non-hydrogen) atoms. The SMILES string of the molecule is CC1=C(c2cccc(C#N)c2)C(c2ccc(OCCN3CC(CF)C3)cc2C)Oc2cc(O)ccc21. The molecule has 0 spiro atoms. The van der Waals surface area contributed by atoms with Crippen molar-refractivity contribution >= 4 is 11.1 Å². The lowest BCUT2D eigenvalue weighted by molar-refractivity contribution is 0.0668. The molecule has 0 amide bonds. The number of alkyl halides is 1. The Balaban J connectivity index is 1.44. The van der Waals surface area contributed by atoms with E-state index in [2.05, 4.69) is 17.9 Å². The van der Waals surface area contributed by atoms with Gasteiger partial charge in [0, 0.05) is 48.3 Å². The van der Waals surface area contributed by atoms with Gasteiger partial charge >= 0.3 is 0 Å². The Morgan fingerprint density at radius 1 is 1.11 bits per heavy atom. The quantitative estimate of drug-likeness (QED) is 0.451. The number of phenolic OH excluding ortho intramolecular Hbond substituents is 1. The fourth-order valence-electron chi connectivity index (χ4n) is 5.07. The highest BCUT2D eigenvalue weighted by Crippen LogP contribution is 2.48. The Kier molecular flexibility index (Phi) is 6.67. The van der Waals surface area contributed by atoms with Crippen LogP contribution in [-0.4, -0.2) is 42.9 Å². The summed E-state index contributed by atoms with van der Waals surface area (Å²) in [4.78, 5) is 2.20. The highest BCUT2D eigenvalue weighted by molar-refractivity contribution is 5.95. The van der Waals surface area contributed by atoms with Gasteiger partial charge in [0.1, 0.15) is 30.0 Å². The molecule has 6 heteroatoms. The first-order valence-electron chi connectivity index (χ1n) is 12.2. The van der Waals surface area contributed by atoms with Crippen LogP contribution in [-0.2, 0) is 0 Å². The number of nitriles is 1. The molecule has 2 aliphatic rings. The van der Waals surface area contributed by atoms with Crippen molar-refractivity contribution in [3.63, 3.8) is 0 Å². The van der Waals surface area contributed by atoms with E-state index in [9.17, 15) is 14.8 Å². The Morgan fingerprint density at radius 3 is 2.69 bits per heavy atom. The Morgan fingerprint density at radius 2 is 1.94 bits per heavy atom. The molecule has 5 nitrogen and oxygen atoms in total. The number of benzene rings is 3. The Hall–Kier alpha value is -3.82. The molecule has 0 saturated carbocycles. The maximum absolute atomic E-state index is 12.6. The number of aromatic hydroxyl groups is 1. The number of ether oxygens (including phenoxy) is 2. The number of likely N-dealkylation sites (tertiary alicyclic amines) is 1. The molecule has 1 saturated heterocycles. The zero-order valence-electron chi connectivity index (χ0n) is 20.5. The van der Waals surface area contributed by atoms with Gasteiger partial charge in [-0.15, -0.1) is 0 Å². The molecule has 3 aromatic carbocycles. The summed E-state index contributed by atoms with van der Waals surface area (Å²) in [7, 11) is 0. The number of aryl methyl sites for hydroxylation is 1. The van der Waals surface area contributed by atoms with Crippen LogP contribution < -0.4 is 9.47 Å². The van der Waals surface area contributed by atoms with Gasteiger partial charge < -0.3 is 14.6 Å². The van der Waals surface area contributed by atoms with Crippen LogP contribution >= 0.6 is 0 Å². The normalized spacial score (nSPS) is 17.7. The molecule has 1 atom stereocenters. The van der Waals surface area contributed by atoms with E-state index in [4.69, 9.17) is 9.47 Å². The average molecular weight is 485 g/mol. The lowest BCUT2D eigenvalue weighted by atomic mass is 9.84.